The number of phenolic OH excluding ortho intramolecular Hbond substituents is 1. The molecule has 0 radical (unpaired) electrons. The minimum atomic E-state index is -1.80. The first kappa shape index (κ1) is 105. The molecule has 45 heteroatoms. The first-order valence-electron chi connectivity index (χ1n) is 44.0. The lowest BCUT2D eigenvalue weighted by Crippen LogP contribution is -2.61. The van der Waals surface area contributed by atoms with E-state index in [1.165, 1.54) is 73.5 Å². The normalized spacial score (nSPS) is 25.0. The predicted octanol–water partition coefficient (Wildman–Crippen LogP) is -4.51. The number of aromatic amines is 1. The van der Waals surface area contributed by atoms with Crippen LogP contribution in [-0.2, 0) is 101 Å². The number of aliphatic hydroxyl groups excluding tert-OH is 2. The fourth-order valence-electron chi connectivity index (χ4n) is 16.0. The third kappa shape index (κ3) is 29.7. The van der Waals surface area contributed by atoms with E-state index in [1.807, 2.05) is 43.5 Å². The van der Waals surface area contributed by atoms with Gasteiger partial charge in [0.1, 0.15) is 78.3 Å². The number of fused-ring (bicyclic) bond motifs is 4. The van der Waals surface area contributed by atoms with Crippen LogP contribution in [0.4, 0.5) is 0 Å². The molecule has 3 aromatic carbocycles. The number of para-hydroxylation sites is 1. The van der Waals surface area contributed by atoms with Gasteiger partial charge in [-0.3, -0.25) is 86.9 Å². The van der Waals surface area contributed by atoms with Crippen LogP contribution in [0.25, 0.3) is 21.0 Å². The fraction of sp³-hybridized carbons (Fsp3) is 0.540. The van der Waals surface area contributed by atoms with Gasteiger partial charge >= 0.3 is 0 Å². The molecule has 720 valence electrons. The Morgan fingerprint density at radius 1 is 0.568 bits per heavy atom. The second kappa shape index (κ2) is 50.7. The summed E-state index contributed by atoms with van der Waals surface area (Å²) in [5, 5.41) is 73.3. The lowest BCUT2D eigenvalue weighted by Gasteiger charge is -2.36. The van der Waals surface area contributed by atoms with Crippen molar-refractivity contribution in [2.45, 2.75) is 221 Å². The number of nitrogens with one attached hydrogen (secondary N) is 13. The van der Waals surface area contributed by atoms with Crippen molar-refractivity contribution in [3.05, 3.63) is 101 Å². The van der Waals surface area contributed by atoms with E-state index in [0.29, 0.717) is 53.3 Å². The number of unbranched alkanes of at least 4 members (excludes halogenated alkanes) is 2. The van der Waals surface area contributed by atoms with Crippen molar-refractivity contribution in [3.8, 4) is 5.75 Å². The van der Waals surface area contributed by atoms with Gasteiger partial charge in [-0.2, -0.15) is 0 Å². The van der Waals surface area contributed by atoms with Gasteiger partial charge in [0.05, 0.1) is 43.5 Å². The number of carbonyl (C=O) groups is 17. The number of carbonyl (C=O) groups excluding carboxylic acids is 17. The first-order chi connectivity index (χ1) is 62.9. The summed E-state index contributed by atoms with van der Waals surface area (Å²) >= 11 is 2.18. The van der Waals surface area contributed by atoms with E-state index in [0.717, 1.165) is 36.5 Å². The third-order valence-corrected chi connectivity index (χ3v) is 25.5. The summed E-state index contributed by atoms with van der Waals surface area (Å²) in [5.41, 5.74) is 30.8. The maximum absolute atomic E-state index is 15.7. The Balaban J connectivity index is 1.18. The number of hydrogen-bond acceptors (Lipinski definition) is 25. The molecule has 5 heterocycles. The van der Waals surface area contributed by atoms with E-state index in [-0.39, 0.29) is 83.2 Å². The Morgan fingerprint density at radius 2 is 1.17 bits per heavy atom. The zero-order valence-corrected chi connectivity index (χ0v) is 76.5. The smallest absolute Gasteiger partial charge is 0.246 e. The van der Waals surface area contributed by atoms with E-state index in [9.17, 15) is 68.1 Å². The fourth-order valence-corrected chi connectivity index (χ4v) is 17.8. The number of thiophene rings is 1. The SMILES string of the molecule is CCCCC1C(=O)N(C)C(CCCC)C(=O)NC(CCCNC(=N)N)C(=O)NC(C(=O)NCC(N)=O)CSCC(=O)NC(Cc2ccc(O)cc2)C(=O)N(C)C(C)C(=O)NC(CC(N)=O)C(=O)N2CCCC2C(=O)NC(CN)C(=O)NC(CCC(N)=O)C(=O)N2CC(O)CC2C(=O)NC(Cc2c[nH]c3ccccc23)C(=O)NC(CO)CNC(Cc2csc3ccccc23)C(=O)N1C. The molecule has 2 aromatic heterocycles. The highest BCUT2D eigenvalue weighted by Crippen LogP contribution is 2.30. The number of aromatic hydroxyl groups is 1. The number of H-pyrrole nitrogens is 1. The molecule has 43 nitrogen and oxygen atoms in total. The lowest BCUT2D eigenvalue weighted by atomic mass is 10.00. The number of aromatic nitrogens is 1. The summed E-state index contributed by atoms with van der Waals surface area (Å²) in [4.78, 5) is 254. The maximum Gasteiger partial charge on any atom is 0.246 e. The largest absolute Gasteiger partial charge is 0.508 e. The maximum atomic E-state index is 15.7. The van der Waals surface area contributed by atoms with Crippen LogP contribution in [0.15, 0.2) is 84.4 Å². The zero-order valence-electron chi connectivity index (χ0n) is 74.8. The molecular weight excluding hydrogens is 1750 g/mol. The Kier molecular flexibility index (Phi) is 40.3. The number of nitrogens with zero attached hydrogens (tertiary/aromatic N) is 5. The van der Waals surface area contributed by atoms with E-state index in [4.69, 9.17) is 34.1 Å². The zero-order chi connectivity index (χ0) is 96.7. The number of amides is 17. The number of likely N-dealkylation sites (N-methyl/N-ethyl adjacent to an activating group) is 3. The average Bonchev–Trinajstić information content (AvgIpc) is 1.51. The van der Waals surface area contributed by atoms with Crippen LogP contribution in [0.5, 0.6) is 5.75 Å². The molecule has 3 fully saturated rings. The van der Waals surface area contributed by atoms with E-state index in [2.05, 4.69) is 63.5 Å². The Hall–Kier alpha value is -12.6. The highest BCUT2D eigenvalue weighted by Gasteiger charge is 2.46. The summed E-state index contributed by atoms with van der Waals surface area (Å²) in [5.74, 6) is -17.4. The van der Waals surface area contributed by atoms with Gasteiger partial charge in [-0.25, -0.2) is 0 Å². The molecule has 5 aromatic rings. The summed E-state index contributed by atoms with van der Waals surface area (Å²) in [6.07, 6.45) is -0.775. The van der Waals surface area contributed by atoms with Crippen LogP contribution < -0.4 is 87.2 Å². The van der Waals surface area contributed by atoms with Gasteiger partial charge in [0.25, 0.3) is 0 Å². The summed E-state index contributed by atoms with van der Waals surface area (Å²) in [6, 6.07) is -0.976. The number of primary amides is 3. The molecule has 132 heavy (non-hydrogen) atoms. The van der Waals surface area contributed by atoms with Crippen molar-refractivity contribution >= 4 is 150 Å². The van der Waals surface area contributed by atoms with Crippen molar-refractivity contribution in [2.75, 3.05) is 78.5 Å². The van der Waals surface area contributed by atoms with Crippen molar-refractivity contribution in [1.29, 1.82) is 5.41 Å². The van der Waals surface area contributed by atoms with Crippen molar-refractivity contribution < 1.29 is 96.8 Å². The molecule has 15 unspecified atom stereocenters. The molecule has 0 saturated carbocycles. The molecule has 15 atom stereocenters. The predicted molar refractivity (Wildman–Crippen MR) is 489 cm³/mol. The number of thioether (sulfide) groups is 1. The van der Waals surface area contributed by atoms with Crippen LogP contribution in [0, 0.1) is 5.41 Å². The molecule has 3 aliphatic rings. The van der Waals surface area contributed by atoms with Gasteiger partial charge in [-0.05, 0) is 110 Å². The third-order valence-electron chi connectivity index (χ3n) is 23.5. The summed E-state index contributed by atoms with van der Waals surface area (Å²) in [7, 11) is 4.03. The first-order valence-corrected chi connectivity index (χ1v) is 46.0. The minimum absolute atomic E-state index is 0.00126. The number of benzene rings is 3. The van der Waals surface area contributed by atoms with Gasteiger partial charge in [-0.1, -0.05) is 88.1 Å². The molecule has 0 bridgehead atoms. The minimum Gasteiger partial charge on any atom is -0.508 e. The molecule has 8 rings (SSSR count). The topological polar surface area (TPSA) is 669 Å². The van der Waals surface area contributed by atoms with Crippen molar-refractivity contribution in [1.82, 2.24) is 88.0 Å². The van der Waals surface area contributed by atoms with Crippen LogP contribution in [-0.4, -0.2) is 320 Å². The van der Waals surface area contributed by atoms with Gasteiger partial charge in [0.15, 0.2) is 5.96 Å². The molecule has 3 aliphatic heterocycles. The van der Waals surface area contributed by atoms with Gasteiger partial charge in [-0.15, -0.1) is 23.1 Å². The highest BCUT2D eigenvalue weighted by molar-refractivity contribution is 8.00. The monoisotopic (exact) mass is 1880 g/mol. The van der Waals surface area contributed by atoms with Crippen LogP contribution >= 0.6 is 23.1 Å². The molecule has 26 N–H and O–H groups in total. The molecule has 0 aliphatic carbocycles. The van der Waals surface area contributed by atoms with E-state index < -0.39 is 261 Å². The van der Waals surface area contributed by atoms with Gasteiger partial charge in [0, 0.05) is 107 Å². The summed E-state index contributed by atoms with van der Waals surface area (Å²) in [6.45, 7) is 1.83. The molecule has 3 saturated heterocycles. The van der Waals surface area contributed by atoms with Crippen LogP contribution in [0.2, 0.25) is 0 Å². The Labute approximate surface area is 771 Å². The number of guanidine groups is 1. The van der Waals surface area contributed by atoms with Crippen molar-refractivity contribution in [2.24, 2.45) is 28.7 Å². The van der Waals surface area contributed by atoms with Crippen LogP contribution in [0.1, 0.15) is 127 Å². The summed E-state index contributed by atoms with van der Waals surface area (Å²) < 4.78 is 0.882. The Morgan fingerprint density at radius 3 is 1.84 bits per heavy atom. The second-order valence-corrected chi connectivity index (χ2v) is 35.2. The van der Waals surface area contributed by atoms with E-state index >= 15 is 28.8 Å². The number of phenols is 1. The van der Waals surface area contributed by atoms with E-state index in [1.54, 1.807) is 30.5 Å². The molecular formula is C87H125N23O20S2. The number of aliphatic hydroxyl groups is 2. The quantitative estimate of drug-likeness (QED) is 0.0141. The van der Waals surface area contributed by atoms with Crippen LogP contribution in [0.3, 0.4) is 0 Å². The average molecular weight is 1880 g/mol. The molecule has 17 amide bonds. The number of hydrogen-bond donors (Lipinski definition) is 21. The second-order valence-electron chi connectivity index (χ2n) is 33.2. The lowest BCUT2D eigenvalue weighted by molar-refractivity contribution is -0.149. The number of nitrogens with two attached hydrogens (primary N) is 5. The van der Waals surface area contributed by atoms with Gasteiger partial charge < -0.3 is 132 Å². The standard InChI is InChI=1S/C87H125N23O20S2/c1-7-9-21-65-79(123)100-57(20-15-31-94-87(92)93)76(120)105-64(75(119)97-41-72(91)116)45-131-46-73(117)99-61(33-48-25-27-52(112)28-26-48)83(127)106(4)47(3)74(118)103-62(37-71(90)115)85(129)109-32-16-23-66(109)80(124)104-63(38-88)78(122)101-58(29-30-70(89)114)84(128)110-42-53(113)36-68(110)81(125)102-59(34-49-39-95-56-19-13-11-17-54(49)56)77(121)98-51(43-111)40-96-60(35-50-44-132-69-24-14-12-18-55(50)69)82(126)108(6)67(22-10-8-2)86(130)107(65)5/h11-14,17-19,24-28,39,44,47,51,53,57-68,95-96,111-113H,7-10,15-16,20-23,29-38,40-43,45-46,88H2,1-6H3,(H2,89,114)(H2,90,115)(H2,91,116)(H,97,119)(H,98,121)(H,99,117)(H,100,123)(H,101,122)(H,102,125)(H,103,118)(H,104,124)(H,105,120)(H4,92,93,94). The van der Waals surface area contributed by atoms with Crippen molar-refractivity contribution in [3.63, 3.8) is 0 Å². The van der Waals surface area contributed by atoms with Gasteiger partial charge in [0.2, 0.25) is 100 Å². The Bertz CT molecular complexity index is 4940. The highest BCUT2D eigenvalue weighted by atomic mass is 32.2. The molecule has 0 spiro atoms. The number of rotatable bonds is 26.